The van der Waals surface area contributed by atoms with E-state index in [-0.39, 0.29) is 36.7 Å². The van der Waals surface area contributed by atoms with Gasteiger partial charge in [-0.1, -0.05) is 12.1 Å². The minimum absolute atomic E-state index is 0.0590. The van der Waals surface area contributed by atoms with Gasteiger partial charge in [-0.3, -0.25) is 4.79 Å². The van der Waals surface area contributed by atoms with Crippen LogP contribution in [0, 0.1) is 0 Å². The SMILES string of the molecule is O=C(NC1CCC(C(F)(F)F)NC1)c1ccccc1O. The van der Waals surface area contributed by atoms with Gasteiger partial charge in [-0.15, -0.1) is 0 Å². The normalized spacial score (nSPS) is 23.4. The van der Waals surface area contributed by atoms with Crippen LogP contribution in [0.3, 0.4) is 0 Å². The van der Waals surface area contributed by atoms with E-state index in [0.717, 1.165) is 0 Å². The summed E-state index contributed by atoms with van der Waals surface area (Å²) in [7, 11) is 0. The molecule has 0 spiro atoms. The predicted molar refractivity (Wildman–Crippen MR) is 66.4 cm³/mol. The molecule has 0 bridgehead atoms. The topological polar surface area (TPSA) is 61.4 Å². The number of rotatable bonds is 2. The third-order valence-electron chi connectivity index (χ3n) is 3.29. The Hall–Kier alpha value is -1.76. The van der Waals surface area contributed by atoms with Crippen LogP contribution in [0.5, 0.6) is 5.75 Å². The largest absolute Gasteiger partial charge is 0.507 e. The minimum Gasteiger partial charge on any atom is -0.507 e. The summed E-state index contributed by atoms with van der Waals surface area (Å²) in [6.45, 7) is 0.0590. The lowest BCUT2D eigenvalue weighted by atomic mass is 10.00. The van der Waals surface area contributed by atoms with Gasteiger partial charge in [0.1, 0.15) is 11.8 Å². The van der Waals surface area contributed by atoms with Gasteiger partial charge in [-0.2, -0.15) is 13.2 Å². The monoisotopic (exact) mass is 288 g/mol. The maximum atomic E-state index is 12.5. The standard InChI is InChI=1S/C13H15F3N2O2/c14-13(15,16)11-6-5-8(7-17-11)18-12(20)9-3-1-2-4-10(9)19/h1-4,8,11,17,19H,5-7H2,(H,18,20). The third-order valence-corrected chi connectivity index (χ3v) is 3.29. The van der Waals surface area contributed by atoms with Gasteiger partial charge in [-0.25, -0.2) is 0 Å². The van der Waals surface area contributed by atoms with Gasteiger partial charge >= 0.3 is 6.18 Å². The van der Waals surface area contributed by atoms with E-state index in [9.17, 15) is 23.1 Å². The highest BCUT2D eigenvalue weighted by Gasteiger charge is 2.41. The second-order valence-corrected chi connectivity index (χ2v) is 4.77. The molecule has 1 aromatic carbocycles. The van der Waals surface area contributed by atoms with E-state index in [0.29, 0.717) is 0 Å². The van der Waals surface area contributed by atoms with E-state index in [1.807, 2.05) is 0 Å². The Balaban J connectivity index is 1.90. The molecule has 2 unspecified atom stereocenters. The van der Waals surface area contributed by atoms with Gasteiger partial charge in [-0.05, 0) is 25.0 Å². The highest BCUT2D eigenvalue weighted by Crippen LogP contribution is 2.26. The number of hydrogen-bond acceptors (Lipinski definition) is 3. The molecule has 1 heterocycles. The smallest absolute Gasteiger partial charge is 0.403 e. The van der Waals surface area contributed by atoms with Crippen LogP contribution in [-0.4, -0.2) is 35.8 Å². The second-order valence-electron chi connectivity index (χ2n) is 4.77. The number of halogens is 3. The lowest BCUT2D eigenvalue weighted by molar-refractivity contribution is -0.160. The molecule has 0 saturated carbocycles. The summed E-state index contributed by atoms with van der Waals surface area (Å²) in [6.07, 6.45) is -4.08. The van der Waals surface area contributed by atoms with Gasteiger partial charge in [0, 0.05) is 12.6 Å². The number of alkyl halides is 3. The first-order valence-corrected chi connectivity index (χ1v) is 6.27. The predicted octanol–water partition coefficient (Wildman–Crippen LogP) is 1.80. The average Bonchev–Trinajstić information content (AvgIpc) is 2.38. The molecule has 2 atom stereocenters. The molecule has 7 heteroatoms. The van der Waals surface area contributed by atoms with Crippen LogP contribution in [0.4, 0.5) is 13.2 Å². The van der Waals surface area contributed by atoms with Crippen molar-refractivity contribution >= 4 is 5.91 Å². The molecule has 1 amide bonds. The van der Waals surface area contributed by atoms with Gasteiger partial charge in [0.05, 0.1) is 5.56 Å². The van der Waals surface area contributed by atoms with E-state index in [2.05, 4.69) is 10.6 Å². The van der Waals surface area contributed by atoms with E-state index in [1.54, 1.807) is 12.1 Å². The Labute approximate surface area is 114 Å². The first-order valence-electron chi connectivity index (χ1n) is 6.27. The number of para-hydroxylation sites is 1. The van der Waals surface area contributed by atoms with E-state index in [4.69, 9.17) is 0 Å². The van der Waals surface area contributed by atoms with Crippen molar-refractivity contribution in [3.05, 3.63) is 29.8 Å². The zero-order valence-electron chi connectivity index (χ0n) is 10.6. The van der Waals surface area contributed by atoms with Crippen LogP contribution >= 0.6 is 0 Å². The lowest BCUT2D eigenvalue weighted by Crippen LogP contribution is -2.54. The first-order chi connectivity index (χ1) is 9.38. The summed E-state index contributed by atoms with van der Waals surface area (Å²) in [4.78, 5) is 11.9. The molecule has 0 aliphatic carbocycles. The summed E-state index contributed by atoms with van der Waals surface area (Å²) in [5, 5.41) is 14.5. The first kappa shape index (κ1) is 14.6. The molecule has 0 radical (unpaired) electrons. The molecule has 20 heavy (non-hydrogen) atoms. The number of carbonyl (C=O) groups is 1. The van der Waals surface area contributed by atoms with Gasteiger partial charge < -0.3 is 15.7 Å². The molecule has 0 aromatic heterocycles. The summed E-state index contributed by atoms with van der Waals surface area (Å²) in [5.41, 5.74) is 0.116. The molecule has 1 aliphatic heterocycles. The number of phenolic OH excluding ortho intramolecular Hbond substituents is 1. The number of nitrogens with one attached hydrogen (secondary N) is 2. The van der Waals surface area contributed by atoms with Crippen molar-refractivity contribution in [1.29, 1.82) is 0 Å². The number of hydrogen-bond donors (Lipinski definition) is 3. The molecule has 4 nitrogen and oxygen atoms in total. The summed E-state index contributed by atoms with van der Waals surface area (Å²) >= 11 is 0. The summed E-state index contributed by atoms with van der Waals surface area (Å²) < 4.78 is 37.4. The maximum absolute atomic E-state index is 12.5. The number of aromatic hydroxyl groups is 1. The van der Waals surface area contributed by atoms with Crippen LogP contribution in [-0.2, 0) is 0 Å². The minimum atomic E-state index is -4.26. The van der Waals surface area contributed by atoms with Crippen molar-refractivity contribution in [3.63, 3.8) is 0 Å². The highest BCUT2D eigenvalue weighted by atomic mass is 19.4. The van der Waals surface area contributed by atoms with Gasteiger partial charge in [0.15, 0.2) is 0 Å². The Kier molecular flexibility index (Phi) is 4.17. The van der Waals surface area contributed by atoms with Crippen molar-refractivity contribution in [2.45, 2.75) is 31.1 Å². The van der Waals surface area contributed by atoms with Crippen LogP contribution in [0.15, 0.2) is 24.3 Å². The quantitative estimate of drug-likeness (QED) is 0.777. The second kappa shape index (κ2) is 5.70. The third kappa shape index (κ3) is 3.41. The number of phenols is 1. The van der Waals surface area contributed by atoms with E-state index >= 15 is 0 Å². The fraction of sp³-hybridized carbons (Fsp3) is 0.462. The number of benzene rings is 1. The van der Waals surface area contributed by atoms with Crippen LogP contribution < -0.4 is 10.6 Å². The molecular weight excluding hydrogens is 273 g/mol. The Morgan fingerprint density at radius 2 is 2.00 bits per heavy atom. The van der Waals surface area contributed by atoms with Crippen molar-refractivity contribution < 1.29 is 23.1 Å². The Bertz CT molecular complexity index is 483. The molecule has 1 aromatic rings. The molecule has 1 fully saturated rings. The molecular formula is C13H15F3N2O2. The van der Waals surface area contributed by atoms with Gasteiger partial charge in [0.25, 0.3) is 5.91 Å². The van der Waals surface area contributed by atoms with E-state index < -0.39 is 18.1 Å². The fourth-order valence-corrected chi connectivity index (χ4v) is 2.19. The number of carbonyl (C=O) groups excluding carboxylic acids is 1. The highest BCUT2D eigenvalue weighted by molar-refractivity contribution is 5.96. The average molecular weight is 288 g/mol. The zero-order chi connectivity index (χ0) is 14.8. The number of amides is 1. The van der Waals surface area contributed by atoms with Crippen molar-refractivity contribution in [2.24, 2.45) is 0 Å². The maximum Gasteiger partial charge on any atom is 0.403 e. The molecule has 1 aliphatic rings. The molecule has 3 N–H and O–H groups in total. The zero-order valence-corrected chi connectivity index (χ0v) is 10.6. The van der Waals surface area contributed by atoms with Crippen LogP contribution in [0.2, 0.25) is 0 Å². The van der Waals surface area contributed by atoms with Crippen molar-refractivity contribution in [1.82, 2.24) is 10.6 Å². The Morgan fingerprint density at radius 1 is 1.30 bits per heavy atom. The summed E-state index contributed by atoms with van der Waals surface area (Å²) in [6, 6.07) is 4.14. The summed E-state index contributed by atoms with van der Waals surface area (Å²) in [5.74, 6) is -0.637. The Morgan fingerprint density at radius 3 is 2.55 bits per heavy atom. The molecule has 2 rings (SSSR count). The van der Waals surface area contributed by atoms with Gasteiger partial charge in [0.2, 0.25) is 0 Å². The van der Waals surface area contributed by atoms with Crippen LogP contribution in [0.1, 0.15) is 23.2 Å². The van der Waals surface area contributed by atoms with E-state index in [1.165, 1.54) is 12.1 Å². The van der Waals surface area contributed by atoms with Crippen molar-refractivity contribution in [3.8, 4) is 5.75 Å². The molecule has 110 valence electrons. The van der Waals surface area contributed by atoms with Crippen LogP contribution in [0.25, 0.3) is 0 Å². The molecule has 1 saturated heterocycles. The lowest BCUT2D eigenvalue weighted by Gasteiger charge is -2.31. The van der Waals surface area contributed by atoms with Crippen molar-refractivity contribution in [2.75, 3.05) is 6.54 Å². The number of piperidine rings is 1. The fourth-order valence-electron chi connectivity index (χ4n) is 2.19.